The summed E-state index contributed by atoms with van der Waals surface area (Å²) in [5, 5.41) is 33.4. The van der Waals surface area contributed by atoms with Gasteiger partial charge < -0.3 is 14.9 Å². The van der Waals surface area contributed by atoms with Gasteiger partial charge in [-0.15, -0.1) is 0 Å². The van der Waals surface area contributed by atoms with Gasteiger partial charge in [0.1, 0.15) is 11.6 Å². The zero-order valence-corrected chi connectivity index (χ0v) is 13.9. The molecule has 3 aromatic rings. The molecule has 0 atom stereocenters. The van der Waals surface area contributed by atoms with Crippen LogP contribution >= 0.6 is 0 Å². The number of nitrogens with zero attached hydrogens (tertiary/aromatic N) is 4. The fraction of sp³-hybridized carbons (Fsp3) is 0.111. The van der Waals surface area contributed by atoms with Gasteiger partial charge in [-0.3, -0.25) is 10.1 Å². The number of imidazole rings is 1. The van der Waals surface area contributed by atoms with Crippen LogP contribution in [-0.4, -0.2) is 31.0 Å². The van der Waals surface area contributed by atoms with Gasteiger partial charge in [0.05, 0.1) is 11.1 Å². The third-order valence-corrected chi connectivity index (χ3v) is 4.05. The molecule has 0 spiro atoms. The Morgan fingerprint density at radius 1 is 1.35 bits per heavy atom. The van der Waals surface area contributed by atoms with Gasteiger partial charge in [0.15, 0.2) is 0 Å². The Morgan fingerprint density at radius 2 is 2.15 bits per heavy atom. The molecule has 1 aromatic heterocycles. The fourth-order valence-electron chi connectivity index (χ4n) is 2.74. The number of phenolic OH excluding ortho intramolecular Hbond substituents is 1. The van der Waals surface area contributed by atoms with Crippen LogP contribution in [0.1, 0.15) is 17.0 Å². The fourth-order valence-corrected chi connectivity index (χ4v) is 2.74. The third kappa shape index (κ3) is 3.39. The number of aromatic hydroxyl groups is 1. The molecule has 0 saturated heterocycles. The summed E-state index contributed by atoms with van der Waals surface area (Å²) in [6, 6.07) is 9.43. The minimum absolute atomic E-state index is 0.0752. The number of hydrogen-bond acceptors (Lipinski definition) is 6. The Labute approximate surface area is 148 Å². The van der Waals surface area contributed by atoms with Crippen molar-refractivity contribution < 1.29 is 15.2 Å². The average Bonchev–Trinajstić information content (AvgIpc) is 3.02. The topological polar surface area (TPSA) is 114 Å². The highest BCUT2D eigenvalue weighted by Gasteiger charge is 2.15. The zero-order chi connectivity index (χ0) is 18.7. The van der Waals surface area contributed by atoms with Crippen molar-refractivity contribution in [2.24, 2.45) is 12.2 Å². The second-order valence-corrected chi connectivity index (χ2v) is 5.76. The summed E-state index contributed by atoms with van der Waals surface area (Å²) in [6.07, 6.45) is 5.12. The van der Waals surface area contributed by atoms with Crippen LogP contribution in [0, 0.1) is 10.1 Å². The van der Waals surface area contributed by atoms with Gasteiger partial charge in [0.25, 0.3) is 5.69 Å². The van der Waals surface area contributed by atoms with E-state index in [4.69, 9.17) is 5.21 Å². The summed E-state index contributed by atoms with van der Waals surface area (Å²) in [5.74, 6) is 0.694. The molecule has 0 aliphatic carbocycles. The van der Waals surface area contributed by atoms with Gasteiger partial charge >= 0.3 is 0 Å². The molecule has 26 heavy (non-hydrogen) atoms. The predicted molar refractivity (Wildman–Crippen MR) is 95.6 cm³/mol. The Morgan fingerprint density at radius 3 is 2.81 bits per heavy atom. The van der Waals surface area contributed by atoms with E-state index in [1.165, 1.54) is 12.1 Å². The first-order chi connectivity index (χ1) is 12.5. The first kappa shape index (κ1) is 17.2. The number of oxime groups is 1. The summed E-state index contributed by atoms with van der Waals surface area (Å²) in [5.41, 5.74) is 1.95. The quantitative estimate of drug-likeness (QED) is 0.317. The van der Waals surface area contributed by atoms with Crippen molar-refractivity contribution in [2.45, 2.75) is 6.42 Å². The largest absolute Gasteiger partial charge is 0.507 e. The van der Waals surface area contributed by atoms with E-state index >= 15 is 0 Å². The van der Waals surface area contributed by atoms with E-state index in [9.17, 15) is 15.2 Å². The van der Waals surface area contributed by atoms with Crippen molar-refractivity contribution >= 4 is 11.9 Å². The smallest absolute Gasteiger partial charge is 0.270 e. The standard InChI is InChI=1S/C18H16N4O4/c1-21-6-5-19-17(21)9-12-7-14(11-20-24)18(23)16(8-12)13-3-2-4-15(10-13)22(25)26/h2-8,10-11,23-24H,9H2,1H3. The summed E-state index contributed by atoms with van der Waals surface area (Å²) in [4.78, 5) is 14.8. The van der Waals surface area contributed by atoms with Gasteiger partial charge in [0.2, 0.25) is 0 Å². The van der Waals surface area contributed by atoms with Crippen LogP contribution in [0.15, 0.2) is 53.9 Å². The van der Waals surface area contributed by atoms with E-state index in [-0.39, 0.29) is 11.4 Å². The number of hydrogen-bond donors (Lipinski definition) is 2. The number of aryl methyl sites for hydroxylation is 1. The lowest BCUT2D eigenvalue weighted by Crippen LogP contribution is -2.00. The minimum atomic E-state index is -0.492. The summed E-state index contributed by atoms with van der Waals surface area (Å²) in [6.45, 7) is 0. The molecule has 0 radical (unpaired) electrons. The van der Waals surface area contributed by atoms with Gasteiger partial charge in [-0.2, -0.15) is 0 Å². The molecule has 0 fully saturated rings. The van der Waals surface area contributed by atoms with E-state index in [0.29, 0.717) is 23.1 Å². The third-order valence-electron chi connectivity index (χ3n) is 4.05. The summed E-state index contributed by atoms with van der Waals surface area (Å²) in [7, 11) is 1.88. The molecule has 0 unspecified atom stereocenters. The van der Waals surface area contributed by atoms with Crippen LogP contribution in [0.5, 0.6) is 5.75 Å². The second-order valence-electron chi connectivity index (χ2n) is 5.76. The Hall–Kier alpha value is -3.68. The van der Waals surface area contributed by atoms with Crippen molar-refractivity contribution in [3.63, 3.8) is 0 Å². The normalized spacial score (nSPS) is 11.1. The maximum absolute atomic E-state index is 11.0. The Balaban J connectivity index is 2.13. The number of nitro benzene ring substituents is 1. The molecule has 2 N–H and O–H groups in total. The number of benzene rings is 2. The monoisotopic (exact) mass is 352 g/mol. The molecule has 0 aliphatic heterocycles. The van der Waals surface area contributed by atoms with Gasteiger partial charge in [-0.25, -0.2) is 4.98 Å². The van der Waals surface area contributed by atoms with Crippen molar-refractivity contribution in [1.29, 1.82) is 0 Å². The van der Waals surface area contributed by atoms with E-state index in [2.05, 4.69) is 10.1 Å². The zero-order valence-electron chi connectivity index (χ0n) is 13.9. The van der Waals surface area contributed by atoms with Crippen LogP contribution < -0.4 is 0 Å². The van der Waals surface area contributed by atoms with Gasteiger partial charge in [-0.05, 0) is 23.3 Å². The first-order valence-corrected chi connectivity index (χ1v) is 7.74. The van der Waals surface area contributed by atoms with Gasteiger partial charge in [-0.1, -0.05) is 17.3 Å². The number of aromatic nitrogens is 2. The molecular formula is C18H16N4O4. The molecule has 0 amide bonds. The first-order valence-electron chi connectivity index (χ1n) is 7.74. The van der Waals surface area contributed by atoms with Crippen molar-refractivity contribution in [3.8, 4) is 16.9 Å². The molecule has 2 aromatic carbocycles. The lowest BCUT2D eigenvalue weighted by atomic mass is 9.96. The molecule has 8 heteroatoms. The average molecular weight is 352 g/mol. The number of phenols is 1. The van der Waals surface area contributed by atoms with Crippen LogP contribution in [0.2, 0.25) is 0 Å². The molecule has 0 aliphatic rings. The minimum Gasteiger partial charge on any atom is -0.507 e. The van der Waals surface area contributed by atoms with E-state index < -0.39 is 4.92 Å². The Kier molecular flexibility index (Phi) is 4.66. The molecule has 3 rings (SSSR count). The number of non-ortho nitro benzene ring substituents is 1. The maximum atomic E-state index is 11.0. The molecule has 132 valence electrons. The summed E-state index contributed by atoms with van der Waals surface area (Å²) < 4.78 is 1.87. The lowest BCUT2D eigenvalue weighted by Gasteiger charge is -2.11. The summed E-state index contributed by atoms with van der Waals surface area (Å²) >= 11 is 0. The van der Waals surface area contributed by atoms with Crippen molar-refractivity contribution in [1.82, 2.24) is 9.55 Å². The highest BCUT2D eigenvalue weighted by molar-refractivity contribution is 5.89. The second kappa shape index (κ2) is 7.06. The predicted octanol–water partition coefficient (Wildman–Crippen LogP) is 3.10. The van der Waals surface area contributed by atoms with E-state index in [1.807, 2.05) is 17.8 Å². The number of nitro groups is 1. The van der Waals surface area contributed by atoms with Crippen molar-refractivity contribution in [2.75, 3.05) is 0 Å². The highest BCUT2D eigenvalue weighted by atomic mass is 16.6. The maximum Gasteiger partial charge on any atom is 0.270 e. The van der Waals surface area contributed by atoms with Gasteiger partial charge in [0, 0.05) is 49.1 Å². The van der Waals surface area contributed by atoms with Crippen LogP contribution in [-0.2, 0) is 13.5 Å². The van der Waals surface area contributed by atoms with Crippen LogP contribution in [0.3, 0.4) is 0 Å². The molecule has 0 bridgehead atoms. The molecule has 8 nitrogen and oxygen atoms in total. The van der Waals surface area contributed by atoms with E-state index in [0.717, 1.165) is 17.6 Å². The van der Waals surface area contributed by atoms with Crippen LogP contribution in [0.4, 0.5) is 5.69 Å². The van der Waals surface area contributed by atoms with Crippen molar-refractivity contribution in [3.05, 3.63) is 75.9 Å². The van der Waals surface area contributed by atoms with E-state index in [1.54, 1.807) is 30.5 Å². The lowest BCUT2D eigenvalue weighted by molar-refractivity contribution is -0.384. The molecule has 0 saturated carbocycles. The SMILES string of the molecule is Cn1ccnc1Cc1cc(C=NO)c(O)c(-c2cccc([N+](=O)[O-])c2)c1. The Bertz CT molecular complexity index is 995. The molecule has 1 heterocycles. The highest BCUT2D eigenvalue weighted by Crippen LogP contribution is 2.35. The molecular weight excluding hydrogens is 336 g/mol. The van der Waals surface area contributed by atoms with Crippen LogP contribution in [0.25, 0.3) is 11.1 Å². The number of rotatable bonds is 5.